The number of carbonyl (C=O) groups excluding carboxylic acids is 1. The molecular formula is C24H24N4O3. The van der Waals surface area contributed by atoms with Gasteiger partial charge in [-0.2, -0.15) is 4.98 Å². The van der Waals surface area contributed by atoms with Crippen LogP contribution in [0.15, 0.2) is 60.3 Å². The van der Waals surface area contributed by atoms with Crippen molar-refractivity contribution in [3.8, 4) is 11.8 Å². The topological polar surface area (TPSA) is 85.4 Å². The first-order valence-corrected chi connectivity index (χ1v) is 10.1. The lowest BCUT2D eigenvalue weighted by Gasteiger charge is -2.10. The molecule has 4 rings (SSSR count). The van der Waals surface area contributed by atoms with E-state index in [1.807, 2.05) is 6.07 Å². The summed E-state index contributed by atoms with van der Waals surface area (Å²) >= 11 is 0. The number of fused-ring (bicyclic) bond motifs is 1. The van der Waals surface area contributed by atoms with Crippen molar-refractivity contribution < 1.29 is 14.3 Å². The zero-order valence-corrected chi connectivity index (χ0v) is 17.5. The molecule has 0 spiro atoms. The molecule has 0 radical (unpaired) electrons. The molecule has 0 saturated carbocycles. The molecular weight excluding hydrogens is 392 g/mol. The van der Waals surface area contributed by atoms with Gasteiger partial charge in [-0.05, 0) is 60.9 Å². The highest BCUT2D eigenvalue weighted by atomic mass is 16.5. The van der Waals surface area contributed by atoms with Crippen LogP contribution < -0.4 is 15.4 Å². The number of nitrogens with zero attached hydrogens (tertiary/aromatic N) is 2. The van der Waals surface area contributed by atoms with E-state index in [1.54, 1.807) is 43.6 Å². The highest BCUT2D eigenvalue weighted by molar-refractivity contribution is 5.94. The first-order chi connectivity index (χ1) is 15.1. The maximum Gasteiger partial charge on any atom is 0.323 e. The lowest BCUT2D eigenvalue weighted by Crippen LogP contribution is -2.26. The van der Waals surface area contributed by atoms with Gasteiger partial charge in [0.2, 0.25) is 0 Å². The van der Waals surface area contributed by atoms with Crippen LogP contribution in [0.5, 0.6) is 11.8 Å². The molecule has 0 aliphatic heterocycles. The first kappa shape index (κ1) is 20.6. The van der Waals surface area contributed by atoms with Crippen molar-refractivity contribution in [2.75, 3.05) is 25.6 Å². The van der Waals surface area contributed by atoms with Crippen LogP contribution in [0.3, 0.4) is 0 Å². The lowest BCUT2D eigenvalue weighted by atomic mass is 10.1. The maximum absolute atomic E-state index is 12.2. The molecule has 0 unspecified atom stereocenters. The van der Waals surface area contributed by atoms with Gasteiger partial charge >= 0.3 is 6.01 Å². The van der Waals surface area contributed by atoms with Gasteiger partial charge in [-0.15, -0.1) is 0 Å². The molecule has 0 bridgehead atoms. The molecule has 0 saturated heterocycles. The van der Waals surface area contributed by atoms with E-state index in [-0.39, 0.29) is 11.9 Å². The number of methoxy groups -OCH3 is 1. The van der Waals surface area contributed by atoms with Crippen LogP contribution in [0.2, 0.25) is 0 Å². The number of amides is 1. The summed E-state index contributed by atoms with van der Waals surface area (Å²) in [5.74, 6) is 0.909. The minimum atomic E-state index is -0.195. The molecule has 7 heteroatoms. The minimum absolute atomic E-state index is 0.193. The molecule has 1 aliphatic carbocycles. The van der Waals surface area contributed by atoms with E-state index in [0.717, 1.165) is 12.1 Å². The van der Waals surface area contributed by atoms with Gasteiger partial charge in [0.15, 0.2) is 0 Å². The number of benzene rings is 2. The van der Waals surface area contributed by atoms with Crippen molar-refractivity contribution in [2.24, 2.45) is 0 Å². The van der Waals surface area contributed by atoms with Gasteiger partial charge in [-0.25, -0.2) is 4.98 Å². The number of nitrogens with one attached hydrogen (secondary N) is 2. The van der Waals surface area contributed by atoms with Crippen LogP contribution in [0.1, 0.15) is 28.4 Å². The van der Waals surface area contributed by atoms with Gasteiger partial charge in [0.05, 0.1) is 6.61 Å². The van der Waals surface area contributed by atoms with E-state index in [1.165, 1.54) is 16.7 Å². The Morgan fingerprint density at radius 2 is 2.06 bits per heavy atom. The normalized spacial score (nSPS) is 12.1. The molecule has 1 heterocycles. The van der Waals surface area contributed by atoms with Gasteiger partial charge < -0.3 is 20.1 Å². The Hall–Kier alpha value is -3.71. The summed E-state index contributed by atoms with van der Waals surface area (Å²) in [7, 11) is 1.59. The summed E-state index contributed by atoms with van der Waals surface area (Å²) in [6, 6.07) is 15.1. The van der Waals surface area contributed by atoms with E-state index in [0.29, 0.717) is 30.3 Å². The molecule has 3 aromatic rings. The number of hydrogen-bond acceptors (Lipinski definition) is 6. The number of rotatable bonds is 8. The van der Waals surface area contributed by atoms with E-state index in [4.69, 9.17) is 9.47 Å². The van der Waals surface area contributed by atoms with Crippen LogP contribution in [0, 0.1) is 0 Å². The number of carbonyl (C=O) groups is 1. The number of hydrogen-bond donors (Lipinski definition) is 2. The van der Waals surface area contributed by atoms with Crippen LogP contribution in [0.4, 0.5) is 11.5 Å². The molecule has 0 fully saturated rings. The van der Waals surface area contributed by atoms with Crippen LogP contribution >= 0.6 is 0 Å². The summed E-state index contributed by atoms with van der Waals surface area (Å²) in [5, 5.41) is 6.08. The standard InChI is InChI=1S/C24H24N4O3/c1-16-12-17-6-7-20(14-19(17)13-16)27-22-8-9-26-24(28-22)31-21-5-3-4-18(15-21)23(29)25-10-11-30-2/h3-9,13-15H,10-12H2,1-2H3,(H,25,29)(H,26,27,28). The molecule has 1 amide bonds. The Bertz CT molecular complexity index is 1130. The fourth-order valence-electron chi connectivity index (χ4n) is 3.37. The number of anilines is 2. The average molecular weight is 416 g/mol. The van der Waals surface area contributed by atoms with Crippen molar-refractivity contribution in [1.82, 2.24) is 15.3 Å². The summed E-state index contributed by atoms with van der Waals surface area (Å²) in [4.78, 5) is 20.8. The van der Waals surface area contributed by atoms with Gasteiger partial charge in [0.1, 0.15) is 11.6 Å². The minimum Gasteiger partial charge on any atom is -0.424 e. The fourth-order valence-corrected chi connectivity index (χ4v) is 3.37. The van der Waals surface area contributed by atoms with Crippen molar-refractivity contribution >= 4 is 23.5 Å². The highest BCUT2D eigenvalue weighted by Gasteiger charge is 2.11. The smallest absolute Gasteiger partial charge is 0.323 e. The van der Waals surface area contributed by atoms with E-state index in [2.05, 4.69) is 45.7 Å². The van der Waals surface area contributed by atoms with Crippen LogP contribution in [0.25, 0.3) is 6.08 Å². The van der Waals surface area contributed by atoms with Crippen molar-refractivity contribution in [3.05, 3.63) is 77.0 Å². The summed E-state index contributed by atoms with van der Waals surface area (Å²) in [5.41, 5.74) is 5.36. The Kier molecular flexibility index (Phi) is 6.24. The van der Waals surface area contributed by atoms with Gasteiger partial charge in [0.25, 0.3) is 5.91 Å². The lowest BCUT2D eigenvalue weighted by molar-refractivity contribution is 0.0936. The zero-order chi connectivity index (χ0) is 21.6. The molecule has 1 aliphatic rings. The number of aromatic nitrogens is 2. The highest BCUT2D eigenvalue weighted by Crippen LogP contribution is 2.28. The quantitative estimate of drug-likeness (QED) is 0.531. The Labute approximate surface area is 181 Å². The third-order valence-corrected chi connectivity index (χ3v) is 4.82. The largest absolute Gasteiger partial charge is 0.424 e. The van der Waals surface area contributed by atoms with Crippen molar-refractivity contribution in [3.63, 3.8) is 0 Å². The van der Waals surface area contributed by atoms with E-state index >= 15 is 0 Å². The third kappa shape index (κ3) is 5.26. The van der Waals surface area contributed by atoms with Gasteiger partial charge in [-0.3, -0.25) is 4.79 Å². The predicted molar refractivity (Wildman–Crippen MR) is 120 cm³/mol. The average Bonchev–Trinajstić information content (AvgIpc) is 3.13. The monoisotopic (exact) mass is 416 g/mol. The maximum atomic E-state index is 12.2. The van der Waals surface area contributed by atoms with Gasteiger partial charge in [-0.1, -0.05) is 23.8 Å². The fraction of sp³-hybridized carbons (Fsp3) is 0.208. The van der Waals surface area contributed by atoms with Crippen LogP contribution in [-0.2, 0) is 11.2 Å². The molecule has 0 atom stereocenters. The van der Waals surface area contributed by atoms with Gasteiger partial charge in [0, 0.05) is 31.1 Å². The Morgan fingerprint density at radius 3 is 2.94 bits per heavy atom. The molecule has 2 aromatic carbocycles. The Morgan fingerprint density at radius 1 is 1.16 bits per heavy atom. The van der Waals surface area contributed by atoms with E-state index < -0.39 is 0 Å². The summed E-state index contributed by atoms with van der Waals surface area (Å²) in [6.07, 6.45) is 4.83. The first-order valence-electron chi connectivity index (χ1n) is 10.1. The van der Waals surface area contributed by atoms with Crippen molar-refractivity contribution in [2.45, 2.75) is 13.3 Å². The molecule has 1 aromatic heterocycles. The second-order valence-corrected chi connectivity index (χ2v) is 7.31. The number of ether oxygens (including phenoxy) is 2. The Balaban J connectivity index is 1.44. The SMILES string of the molecule is COCCNC(=O)c1cccc(Oc2nccc(Nc3ccc4c(c3)C=C(C)C4)n2)c1. The molecule has 158 valence electrons. The summed E-state index contributed by atoms with van der Waals surface area (Å²) < 4.78 is 10.7. The summed E-state index contributed by atoms with van der Waals surface area (Å²) in [6.45, 7) is 3.03. The zero-order valence-electron chi connectivity index (χ0n) is 17.5. The predicted octanol–water partition coefficient (Wildman–Crippen LogP) is 4.35. The molecule has 2 N–H and O–H groups in total. The second kappa shape index (κ2) is 9.40. The van der Waals surface area contributed by atoms with Crippen molar-refractivity contribution in [1.29, 1.82) is 0 Å². The molecule has 31 heavy (non-hydrogen) atoms. The van der Waals surface area contributed by atoms with E-state index in [9.17, 15) is 4.79 Å². The number of allylic oxidation sites excluding steroid dienone is 1. The molecule has 7 nitrogen and oxygen atoms in total. The third-order valence-electron chi connectivity index (χ3n) is 4.82. The second-order valence-electron chi connectivity index (χ2n) is 7.31. The van der Waals surface area contributed by atoms with Crippen LogP contribution in [-0.4, -0.2) is 36.1 Å².